The zero-order chi connectivity index (χ0) is 17.9. The monoisotopic (exact) mass is 348 g/mol. The smallest absolute Gasteiger partial charge is 0.167 e. The van der Waals surface area contributed by atoms with Crippen LogP contribution < -0.4 is 5.32 Å². The predicted molar refractivity (Wildman–Crippen MR) is 88.5 cm³/mol. The molecule has 0 atom stereocenters. The Labute approximate surface area is 140 Å². The van der Waals surface area contributed by atoms with Gasteiger partial charge in [-0.1, -0.05) is 6.07 Å². The number of halogens is 1. The largest absolute Gasteiger partial charge is 0.363 e. The van der Waals surface area contributed by atoms with E-state index in [0.717, 1.165) is 6.26 Å². The normalized spacial score (nSPS) is 11.1. The van der Waals surface area contributed by atoms with E-state index in [1.54, 1.807) is 13.8 Å². The van der Waals surface area contributed by atoms with Gasteiger partial charge in [-0.05, 0) is 42.7 Å². The molecule has 0 aliphatic carbocycles. The van der Waals surface area contributed by atoms with Crippen LogP contribution in [-0.4, -0.2) is 24.9 Å². The van der Waals surface area contributed by atoms with Gasteiger partial charge in [-0.3, -0.25) is 0 Å². The highest BCUT2D eigenvalue weighted by Crippen LogP contribution is 2.20. The summed E-state index contributed by atoms with van der Waals surface area (Å²) < 4.78 is 36.5. The second-order valence-electron chi connectivity index (χ2n) is 5.58. The van der Waals surface area contributed by atoms with Gasteiger partial charge in [0, 0.05) is 12.8 Å². The van der Waals surface area contributed by atoms with Crippen LogP contribution in [0.3, 0.4) is 0 Å². The van der Waals surface area contributed by atoms with Gasteiger partial charge < -0.3 is 5.32 Å². The van der Waals surface area contributed by atoms with E-state index < -0.39 is 15.7 Å². The van der Waals surface area contributed by atoms with Crippen molar-refractivity contribution in [3.05, 3.63) is 52.0 Å². The average Bonchev–Trinajstić information content (AvgIpc) is 2.49. The third-order valence-electron chi connectivity index (χ3n) is 3.60. The van der Waals surface area contributed by atoms with Crippen molar-refractivity contribution < 1.29 is 12.8 Å². The maximum atomic E-state index is 13.5. The number of hydrogen-bond acceptors (Lipinski definition) is 6. The van der Waals surface area contributed by atoms with Gasteiger partial charge in [-0.15, -0.1) is 5.10 Å². The Morgan fingerprint density at radius 1 is 1.25 bits per heavy atom. The summed E-state index contributed by atoms with van der Waals surface area (Å²) in [6, 6.07) is 6.01. The van der Waals surface area contributed by atoms with Crippen LogP contribution in [0.15, 0.2) is 18.2 Å². The summed E-state index contributed by atoms with van der Waals surface area (Å²) in [6.45, 7) is 3.66. The van der Waals surface area contributed by atoms with Crippen molar-refractivity contribution >= 4 is 15.7 Å². The first-order chi connectivity index (χ1) is 11.2. The van der Waals surface area contributed by atoms with E-state index in [0.29, 0.717) is 27.9 Å². The minimum absolute atomic E-state index is 0.133. The highest BCUT2D eigenvalue weighted by atomic mass is 32.2. The summed E-state index contributed by atoms with van der Waals surface area (Å²) in [4.78, 5) is 0. The molecule has 1 heterocycles. The molecule has 126 valence electrons. The van der Waals surface area contributed by atoms with Crippen molar-refractivity contribution in [1.29, 1.82) is 5.26 Å². The Bertz CT molecular complexity index is 920. The van der Waals surface area contributed by atoms with Crippen molar-refractivity contribution in [3.63, 3.8) is 0 Å². The highest BCUT2D eigenvalue weighted by Gasteiger charge is 2.13. The van der Waals surface area contributed by atoms with Crippen LogP contribution in [-0.2, 0) is 22.1 Å². The SMILES string of the molecule is Cc1nnc(NCc2cc(F)ccc2CS(C)(=O)=O)c(C#N)c1C. The standard InChI is InChI=1S/C16H17FN4O2S/c1-10-11(2)20-21-16(15(10)7-18)19-8-13-6-14(17)5-4-12(13)9-24(3,22)23/h4-6H,8-9H2,1-3H3,(H,19,21). The zero-order valence-corrected chi connectivity index (χ0v) is 14.4. The Morgan fingerprint density at radius 3 is 2.58 bits per heavy atom. The number of anilines is 1. The molecule has 24 heavy (non-hydrogen) atoms. The Hall–Kier alpha value is -2.53. The summed E-state index contributed by atoms with van der Waals surface area (Å²) in [5, 5.41) is 20.1. The quantitative estimate of drug-likeness (QED) is 0.890. The van der Waals surface area contributed by atoms with Crippen molar-refractivity contribution in [3.8, 4) is 6.07 Å². The first-order valence-corrected chi connectivity index (χ1v) is 9.20. The summed E-state index contributed by atoms with van der Waals surface area (Å²) >= 11 is 0. The lowest BCUT2D eigenvalue weighted by Gasteiger charge is -2.12. The maximum Gasteiger partial charge on any atom is 0.167 e. The number of aryl methyl sites for hydroxylation is 1. The molecule has 2 rings (SSSR count). The topological polar surface area (TPSA) is 95.7 Å². The lowest BCUT2D eigenvalue weighted by molar-refractivity contribution is 0.600. The number of aromatic nitrogens is 2. The van der Waals surface area contributed by atoms with Crippen LogP contribution in [0.2, 0.25) is 0 Å². The van der Waals surface area contributed by atoms with E-state index in [9.17, 15) is 18.1 Å². The third kappa shape index (κ3) is 4.26. The molecule has 0 bridgehead atoms. The molecule has 0 saturated heterocycles. The van der Waals surface area contributed by atoms with Crippen LogP contribution in [0.25, 0.3) is 0 Å². The zero-order valence-electron chi connectivity index (χ0n) is 13.6. The fourth-order valence-electron chi connectivity index (χ4n) is 2.23. The number of benzene rings is 1. The van der Waals surface area contributed by atoms with Crippen LogP contribution >= 0.6 is 0 Å². The fourth-order valence-corrected chi connectivity index (χ4v) is 3.08. The molecule has 0 spiro atoms. The molecule has 1 N–H and O–H groups in total. The molecule has 2 aromatic rings. The van der Waals surface area contributed by atoms with Gasteiger partial charge in [0.2, 0.25) is 0 Å². The number of nitriles is 1. The van der Waals surface area contributed by atoms with E-state index in [4.69, 9.17) is 0 Å². The van der Waals surface area contributed by atoms with Gasteiger partial charge in [-0.25, -0.2) is 12.8 Å². The molecule has 1 aromatic carbocycles. The van der Waals surface area contributed by atoms with E-state index in [2.05, 4.69) is 21.6 Å². The fraction of sp³-hybridized carbons (Fsp3) is 0.312. The van der Waals surface area contributed by atoms with Gasteiger partial charge in [0.1, 0.15) is 17.4 Å². The van der Waals surface area contributed by atoms with Gasteiger partial charge in [0.05, 0.1) is 11.4 Å². The first kappa shape index (κ1) is 17.8. The molecule has 1 aromatic heterocycles. The number of nitrogens with one attached hydrogen (secondary N) is 1. The summed E-state index contributed by atoms with van der Waals surface area (Å²) in [7, 11) is -3.25. The van der Waals surface area contributed by atoms with E-state index in [-0.39, 0.29) is 18.1 Å². The number of nitrogens with zero attached hydrogens (tertiary/aromatic N) is 3. The second-order valence-corrected chi connectivity index (χ2v) is 7.72. The van der Waals surface area contributed by atoms with E-state index in [1.807, 2.05) is 0 Å². The molecular weight excluding hydrogens is 331 g/mol. The van der Waals surface area contributed by atoms with Crippen molar-refractivity contribution in [1.82, 2.24) is 10.2 Å². The lowest BCUT2D eigenvalue weighted by atomic mass is 10.1. The van der Waals surface area contributed by atoms with Crippen molar-refractivity contribution in [2.45, 2.75) is 26.1 Å². The minimum Gasteiger partial charge on any atom is -0.363 e. The van der Waals surface area contributed by atoms with E-state index in [1.165, 1.54) is 18.2 Å². The van der Waals surface area contributed by atoms with Gasteiger partial charge in [0.15, 0.2) is 15.7 Å². The summed E-state index contributed by atoms with van der Waals surface area (Å²) in [6.07, 6.45) is 1.12. The van der Waals surface area contributed by atoms with E-state index >= 15 is 0 Å². The number of sulfone groups is 1. The maximum absolute atomic E-state index is 13.5. The number of hydrogen-bond donors (Lipinski definition) is 1. The Kier molecular flexibility index (Phi) is 5.14. The van der Waals surface area contributed by atoms with Gasteiger partial charge >= 0.3 is 0 Å². The average molecular weight is 348 g/mol. The molecule has 8 heteroatoms. The molecule has 6 nitrogen and oxygen atoms in total. The van der Waals surface area contributed by atoms with Crippen molar-refractivity contribution in [2.75, 3.05) is 11.6 Å². The lowest BCUT2D eigenvalue weighted by Crippen LogP contribution is -2.11. The second kappa shape index (κ2) is 6.93. The number of rotatable bonds is 5. The Morgan fingerprint density at radius 2 is 1.96 bits per heavy atom. The summed E-state index contributed by atoms with van der Waals surface area (Å²) in [5.41, 5.74) is 2.72. The molecule has 0 fully saturated rings. The Balaban J connectivity index is 2.32. The minimum atomic E-state index is -3.25. The van der Waals surface area contributed by atoms with Crippen LogP contribution in [0.4, 0.5) is 10.2 Å². The third-order valence-corrected chi connectivity index (χ3v) is 4.43. The molecule has 0 saturated carbocycles. The molecule has 0 radical (unpaired) electrons. The van der Waals surface area contributed by atoms with Crippen LogP contribution in [0, 0.1) is 31.0 Å². The molecule has 0 unspecified atom stereocenters. The molecule has 0 aliphatic heterocycles. The molecule has 0 amide bonds. The van der Waals surface area contributed by atoms with Gasteiger partial charge in [0.25, 0.3) is 0 Å². The highest BCUT2D eigenvalue weighted by molar-refractivity contribution is 7.89. The van der Waals surface area contributed by atoms with Crippen LogP contribution in [0.1, 0.15) is 27.9 Å². The first-order valence-electron chi connectivity index (χ1n) is 7.14. The summed E-state index contributed by atoms with van der Waals surface area (Å²) in [5.74, 6) is -0.362. The molecular formula is C16H17FN4O2S. The predicted octanol–water partition coefficient (Wildman–Crippen LogP) is 2.26. The van der Waals surface area contributed by atoms with Gasteiger partial charge in [-0.2, -0.15) is 10.4 Å². The molecule has 0 aliphatic rings. The van der Waals surface area contributed by atoms with Crippen LogP contribution in [0.5, 0.6) is 0 Å². The van der Waals surface area contributed by atoms with Crippen molar-refractivity contribution in [2.24, 2.45) is 0 Å².